The Balaban J connectivity index is 1.47. The quantitative estimate of drug-likeness (QED) is 0.190. The van der Waals surface area contributed by atoms with Crippen molar-refractivity contribution in [3.05, 3.63) is 127 Å². The van der Waals surface area contributed by atoms with E-state index in [0.29, 0.717) is 11.1 Å². The highest BCUT2D eigenvalue weighted by atomic mass is 32.2. The molecule has 7 nitrogen and oxygen atoms in total. The van der Waals surface area contributed by atoms with Gasteiger partial charge in [-0.1, -0.05) is 60.7 Å². The molecule has 5 aromatic carbocycles. The Kier molecular flexibility index (Phi) is 7.97. The highest BCUT2D eigenvalue weighted by Crippen LogP contribution is 2.32. The van der Waals surface area contributed by atoms with Gasteiger partial charge >= 0.3 is 0 Å². The van der Waals surface area contributed by atoms with E-state index in [1.807, 2.05) is 0 Å². The summed E-state index contributed by atoms with van der Waals surface area (Å²) in [5.41, 5.74) is 1.60. The van der Waals surface area contributed by atoms with Gasteiger partial charge in [0.1, 0.15) is 22.3 Å². The van der Waals surface area contributed by atoms with E-state index in [2.05, 4.69) is 9.44 Å². The van der Waals surface area contributed by atoms with Gasteiger partial charge in [0.05, 0.1) is 12.0 Å². The van der Waals surface area contributed by atoms with Gasteiger partial charge in [-0.15, -0.1) is 0 Å². The third-order valence-corrected chi connectivity index (χ3v) is 9.12. The Morgan fingerprint density at radius 3 is 1.52 bits per heavy atom. The van der Waals surface area contributed by atoms with Crippen molar-refractivity contribution in [3.63, 3.8) is 0 Å². The molecule has 0 bridgehead atoms. The van der Waals surface area contributed by atoms with E-state index in [9.17, 15) is 25.6 Å². The molecular formula is C31H24F2N2O5S2. The lowest BCUT2D eigenvalue weighted by Crippen LogP contribution is -2.17. The molecule has 0 fully saturated rings. The standard InChI is InChI=1S/C31H24F2N2O5S2/c1-40-30-17-14-25(41(36,37)34-23-12-15-28(32)26(18-23)21-8-4-2-5-9-21)20-31(30)42(38,39)35-24-13-16-29(33)27(19-24)22-10-6-3-7-11-22/h2-20,34-35H,1H3. The van der Waals surface area contributed by atoms with E-state index < -0.39 is 36.6 Å². The van der Waals surface area contributed by atoms with Crippen molar-refractivity contribution in [1.29, 1.82) is 0 Å². The molecule has 0 spiro atoms. The van der Waals surface area contributed by atoms with E-state index in [1.165, 1.54) is 43.5 Å². The first kappa shape index (κ1) is 28.8. The van der Waals surface area contributed by atoms with Crippen LogP contribution in [-0.2, 0) is 20.0 Å². The summed E-state index contributed by atoms with van der Waals surface area (Å²) in [5.74, 6) is -1.19. The number of nitrogens with one attached hydrogen (secondary N) is 2. The van der Waals surface area contributed by atoms with Crippen LogP contribution in [0.1, 0.15) is 0 Å². The molecule has 5 rings (SSSR count). The van der Waals surface area contributed by atoms with Crippen molar-refractivity contribution >= 4 is 31.4 Å². The molecule has 0 saturated heterocycles. The molecule has 0 saturated carbocycles. The van der Waals surface area contributed by atoms with Crippen LogP contribution in [0.15, 0.2) is 125 Å². The Morgan fingerprint density at radius 2 is 1.05 bits per heavy atom. The second-order valence-electron chi connectivity index (χ2n) is 9.14. The Bertz CT molecular complexity index is 1970. The summed E-state index contributed by atoms with van der Waals surface area (Å²) >= 11 is 0. The molecule has 0 amide bonds. The van der Waals surface area contributed by atoms with Crippen LogP contribution in [0, 0.1) is 11.6 Å². The second kappa shape index (κ2) is 11.6. The van der Waals surface area contributed by atoms with Crippen molar-refractivity contribution in [2.24, 2.45) is 0 Å². The van der Waals surface area contributed by atoms with E-state index in [0.717, 1.165) is 18.2 Å². The van der Waals surface area contributed by atoms with Crippen molar-refractivity contribution in [2.75, 3.05) is 16.6 Å². The molecule has 0 heterocycles. The first-order valence-electron chi connectivity index (χ1n) is 12.5. The lowest BCUT2D eigenvalue weighted by molar-refractivity contribution is 0.402. The number of ether oxygens (including phenoxy) is 1. The summed E-state index contributed by atoms with van der Waals surface area (Å²) in [5, 5.41) is 0. The van der Waals surface area contributed by atoms with Crippen LogP contribution in [0.3, 0.4) is 0 Å². The average Bonchev–Trinajstić information content (AvgIpc) is 2.99. The number of hydrogen-bond acceptors (Lipinski definition) is 5. The fourth-order valence-corrected chi connectivity index (χ4v) is 6.71. The van der Waals surface area contributed by atoms with Crippen molar-refractivity contribution in [1.82, 2.24) is 0 Å². The Hall–Kier alpha value is -4.74. The van der Waals surface area contributed by atoms with Gasteiger partial charge in [-0.05, 0) is 65.7 Å². The van der Waals surface area contributed by atoms with Crippen LogP contribution in [0.25, 0.3) is 22.3 Å². The van der Waals surface area contributed by atoms with Crippen LogP contribution >= 0.6 is 0 Å². The minimum Gasteiger partial charge on any atom is -0.495 e. The number of hydrogen-bond donors (Lipinski definition) is 2. The molecule has 0 aliphatic rings. The molecule has 0 aromatic heterocycles. The molecule has 0 aliphatic carbocycles. The summed E-state index contributed by atoms with van der Waals surface area (Å²) in [4.78, 5) is -0.833. The van der Waals surface area contributed by atoms with Crippen LogP contribution in [0.4, 0.5) is 20.2 Å². The summed E-state index contributed by atoms with van der Waals surface area (Å²) < 4.78 is 92.5. The van der Waals surface area contributed by atoms with E-state index >= 15 is 0 Å². The van der Waals surface area contributed by atoms with Gasteiger partial charge < -0.3 is 4.74 Å². The lowest BCUT2D eigenvalue weighted by Gasteiger charge is -2.15. The topological polar surface area (TPSA) is 102 Å². The van der Waals surface area contributed by atoms with Gasteiger partial charge in [-0.25, -0.2) is 25.6 Å². The predicted molar refractivity (Wildman–Crippen MR) is 158 cm³/mol. The van der Waals surface area contributed by atoms with Gasteiger partial charge in [0.15, 0.2) is 0 Å². The third kappa shape index (κ3) is 6.12. The summed E-state index contributed by atoms with van der Waals surface area (Å²) in [6.07, 6.45) is 0. The highest BCUT2D eigenvalue weighted by molar-refractivity contribution is 7.93. The van der Waals surface area contributed by atoms with Gasteiger partial charge in [-0.2, -0.15) is 0 Å². The minimum atomic E-state index is -4.41. The van der Waals surface area contributed by atoms with Crippen molar-refractivity contribution < 1.29 is 30.4 Å². The molecule has 42 heavy (non-hydrogen) atoms. The molecule has 5 aromatic rings. The van der Waals surface area contributed by atoms with Gasteiger partial charge in [0.2, 0.25) is 0 Å². The van der Waals surface area contributed by atoms with E-state index in [1.54, 1.807) is 60.7 Å². The number of benzene rings is 5. The molecule has 0 radical (unpaired) electrons. The van der Waals surface area contributed by atoms with Gasteiger partial charge in [0, 0.05) is 22.5 Å². The fourth-order valence-electron chi connectivity index (χ4n) is 4.31. The second-order valence-corrected chi connectivity index (χ2v) is 12.5. The molecule has 0 atom stereocenters. The lowest BCUT2D eigenvalue weighted by atomic mass is 10.0. The Morgan fingerprint density at radius 1 is 0.571 bits per heavy atom. The molecule has 11 heteroatoms. The zero-order valence-electron chi connectivity index (χ0n) is 22.1. The van der Waals surface area contributed by atoms with Crippen molar-refractivity contribution in [2.45, 2.75) is 9.79 Å². The number of methoxy groups -OCH3 is 1. The SMILES string of the molecule is COc1ccc(S(=O)(=O)Nc2ccc(F)c(-c3ccccc3)c2)cc1S(=O)(=O)Nc1ccc(F)c(-c2ccccc2)c1. The largest absolute Gasteiger partial charge is 0.495 e. The number of anilines is 2. The Labute approximate surface area is 242 Å². The molecule has 0 unspecified atom stereocenters. The first-order chi connectivity index (χ1) is 20.1. The van der Waals surface area contributed by atoms with Crippen LogP contribution < -0.4 is 14.2 Å². The predicted octanol–water partition coefficient (Wildman–Crippen LogP) is 6.91. The van der Waals surface area contributed by atoms with E-state index in [-0.39, 0.29) is 33.1 Å². The van der Waals surface area contributed by atoms with Gasteiger partial charge in [-0.3, -0.25) is 9.44 Å². The molecule has 2 N–H and O–H groups in total. The molecule has 0 aliphatic heterocycles. The first-order valence-corrected chi connectivity index (χ1v) is 15.5. The maximum absolute atomic E-state index is 14.5. The summed E-state index contributed by atoms with van der Waals surface area (Å²) in [7, 11) is -7.49. The zero-order valence-corrected chi connectivity index (χ0v) is 23.7. The monoisotopic (exact) mass is 606 g/mol. The van der Waals surface area contributed by atoms with Crippen LogP contribution in [0.5, 0.6) is 5.75 Å². The molecule has 214 valence electrons. The third-order valence-electron chi connectivity index (χ3n) is 6.34. The summed E-state index contributed by atoms with van der Waals surface area (Å²) in [6.45, 7) is 0. The van der Waals surface area contributed by atoms with Crippen LogP contribution in [0.2, 0.25) is 0 Å². The normalized spacial score (nSPS) is 11.6. The smallest absolute Gasteiger partial charge is 0.265 e. The minimum absolute atomic E-state index is 0.0587. The zero-order chi connectivity index (χ0) is 29.9. The summed E-state index contributed by atoms with van der Waals surface area (Å²) in [6, 6.07) is 28.0. The van der Waals surface area contributed by atoms with Crippen molar-refractivity contribution in [3.8, 4) is 28.0 Å². The number of halogens is 2. The number of rotatable bonds is 9. The molecular weight excluding hydrogens is 582 g/mol. The fraction of sp³-hybridized carbons (Fsp3) is 0.0323. The van der Waals surface area contributed by atoms with E-state index in [4.69, 9.17) is 4.74 Å². The van der Waals surface area contributed by atoms with Crippen LogP contribution in [-0.4, -0.2) is 23.9 Å². The van der Waals surface area contributed by atoms with Gasteiger partial charge in [0.25, 0.3) is 20.0 Å². The highest BCUT2D eigenvalue weighted by Gasteiger charge is 2.25. The number of sulfonamides is 2. The average molecular weight is 607 g/mol. The maximum Gasteiger partial charge on any atom is 0.265 e. The maximum atomic E-state index is 14.5.